The van der Waals surface area contributed by atoms with Gasteiger partial charge in [-0.3, -0.25) is 4.90 Å². The molecule has 1 fully saturated rings. The Morgan fingerprint density at radius 3 is 3.00 bits per heavy atom. The molecule has 1 atom stereocenters. The molecule has 0 spiro atoms. The van der Waals surface area contributed by atoms with E-state index in [0.717, 1.165) is 19.6 Å². The highest BCUT2D eigenvalue weighted by molar-refractivity contribution is 4.94. The molecule has 0 aromatic carbocycles. The molecule has 3 heteroatoms. The molecule has 1 rings (SSSR count). The minimum atomic E-state index is 0.0822. The van der Waals surface area contributed by atoms with Crippen molar-refractivity contribution in [3.05, 3.63) is 0 Å². The van der Waals surface area contributed by atoms with Crippen LogP contribution < -0.4 is 5.32 Å². The molecule has 9 heavy (non-hydrogen) atoms. The Bertz CT molecular complexity index is 127. The van der Waals surface area contributed by atoms with Gasteiger partial charge < -0.3 is 5.32 Å². The molecule has 50 valence electrons. The Morgan fingerprint density at radius 2 is 2.56 bits per heavy atom. The molecule has 3 nitrogen and oxygen atoms in total. The number of nitrogens with one attached hydrogen (secondary N) is 1. The van der Waals surface area contributed by atoms with Gasteiger partial charge in [0.15, 0.2) is 0 Å². The quantitative estimate of drug-likeness (QED) is 0.470. The highest BCUT2D eigenvalue weighted by Crippen LogP contribution is 1.96. The second kappa shape index (κ2) is 2.81. The predicted octanol–water partition coefficient (Wildman–Crippen LogP) is -0.586. The van der Waals surface area contributed by atoms with Gasteiger partial charge in [0.2, 0.25) is 0 Å². The van der Waals surface area contributed by atoms with Crippen LogP contribution in [0.4, 0.5) is 0 Å². The fraction of sp³-hybridized carbons (Fsp3) is 0.833. The van der Waals surface area contributed by atoms with Gasteiger partial charge in [-0.05, 0) is 7.05 Å². The monoisotopic (exact) mass is 125 g/mol. The number of hydrogen-bond donors (Lipinski definition) is 1. The van der Waals surface area contributed by atoms with E-state index in [4.69, 9.17) is 5.26 Å². The van der Waals surface area contributed by atoms with Crippen LogP contribution in [-0.2, 0) is 0 Å². The van der Waals surface area contributed by atoms with Gasteiger partial charge in [0.25, 0.3) is 0 Å². The maximum absolute atomic E-state index is 8.53. The van der Waals surface area contributed by atoms with Crippen LogP contribution in [0.25, 0.3) is 0 Å². The molecule has 0 unspecified atom stereocenters. The molecule has 0 amide bonds. The van der Waals surface area contributed by atoms with Crippen LogP contribution >= 0.6 is 0 Å². The van der Waals surface area contributed by atoms with Crippen molar-refractivity contribution in [2.24, 2.45) is 0 Å². The maximum atomic E-state index is 8.53. The summed E-state index contributed by atoms with van der Waals surface area (Å²) < 4.78 is 0. The lowest BCUT2D eigenvalue weighted by molar-refractivity contribution is 0.242. The summed E-state index contributed by atoms with van der Waals surface area (Å²) in [6.07, 6.45) is 0. The van der Waals surface area contributed by atoms with E-state index in [2.05, 4.69) is 16.3 Å². The van der Waals surface area contributed by atoms with Crippen molar-refractivity contribution in [2.45, 2.75) is 6.04 Å². The Hall–Kier alpha value is -0.590. The number of likely N-dealkylation sites (N-methyl/N-ethyl adjacent to an activating group) is 1. The van der Waals surface area contributed by atoms with E-state index in [-0.39, 0.29) is 6.04 Å². The highest BCUT2D eigenvalue weighted by atomic mass is 15.2. The molecule has 1 heterocycles. The first-order chi connectivity index (χ1) is 4.34. The van der Waals surface area contributed by atoms with E-state index in [9.17, 15) is 0 Å². The van der Waals surface area contributed by atoms with Crippen LogP contribution in [0.5, 0.6) is 0 Å². The van der Waals surface area contributed by atoms with Crippen molar-refractivity contribution in [1.29, 1.82) is 5.26 Å². The minimum Gasteiger partial charge on any atom is -0.313 e. The molecule has 0 bridgehead atoms. The van der Waals surface area contributed by atoms with Gasteiger partial charge in [0.05, 0.1) is 6.07 Å². The van der Waals surface area contributed by atoms with Crippen molar-refractivity contribution in [1.82, 2.24) is 10.2 Å². The van der Waals surface area contributed by atoms with E-state index in [0.29, 0.717) is 0 Å². The van der Waals surface area contributed by atoms with E-state index in [1.165, 1.54) is 0 Å². The zero-order chi connectivity index (χ0) is 6.69. The third-order valence-electron chi connectivity index (χ3n) is 1.66. The molecule has 1 saturated heterocycles. The molecule has 1 N–H and O–H groups in total. The third-order valence-corrected chi connectivity index (χ3v) is 1.66. The number of hydrogen-bond acceptors (Lipinski definition) is 3. The molecule has 0 aliphatic carbocycles. The van der Waals surface area contributed by atoms with Crippen molar-refractivity contribution in [2.75, 3.05) is 26.7 Å². The average Bonchev–Trinajstić information content (AvgIpc) is 1.89. The van der Waals surface area contributed by atoms with Gasteiger partial charge in [-0.1, -0.05) is 0 Å². The molecular formula is C6H11N3. The first kappa shape index (κ1) is 6.53. The summed E-state index contributed by atoms with van der Waals surface area (Å²) in [6.45, 7) is 2.81. The normalized spacial score (nSPS) is 29.6. The van der Waals surface area contributed by atoms with E-state index in [1.54, 1.807) is 0 Å². The standard InChI is InChI=1S/C6H11N3/c1-9-3-2-8-5-6(9)4-7/h6,8H,2-3,5H2,1H3/t6-/m0/s1. The number of rotatable bonds is 0. The van der Waals surface area contributed by atoms with Crippen LogP contribution in [0.15, 0.2) is 0 Å². The Balaban J connectivity index is 2.41. The number of nitriles is 1. The largest absolute Gasteiger partial charge is 0.313 e. The number of piperazine rings is 1. The van der Waals surface area contributed by atoms with Gasteiger partial charge in [-0.15, -0.1) is 0 Å². The van der Waals surface area contributed by atoms with E-state index >= 15 is 0 Å². The van der Waals surface area contributed by atoms with E-state index < -0.39 is 0 Å². The third kappa shape index (κ3) is 1.41. The first-order valence-electron chi connectivity index (χ1n) is 3.15. The van der Waals surface area contributed by atoms with Crippen LogP contribution in [0.2, 0.25) is 0 Å². The molecule has 0 saturated carbocycles. The molecule has 0 aromatic rings. The van der Waals surface area contributed by atoms with Gasteiger partial charge in [0, 0.05) is 19.6 Å². The van der Waals surface area contributed by atoms with Crippen molar-refractivity contribution in [3.63, 3.8) is 0 Å². The first-order valence-corrected chi connectivity index (χ1v) is 3.15. The summed E-state index contributed by atoms with van der Waals surface area (Å²) in [6, 6.07) is 2.30. The average molecular weight is 125 g/mol. The van der Waals surface area contributed by atoms with Crippen LogP contribution in [-0.4, -0.2) is 37.6 Å². The van der Waals surface area contributed by atoms with Gasteiger partial charge in [0.1, 0.15) is 6.04 Å². The van der Waals surface area contributed by atoms with Crippen molar-refractivity contribution in [3.8, 4) is 6.07 Å². The van der Waals surface area contributed by atoms with Crippen LogP contribution in [0, 0.1) is 11.3 Å². The second-order valence-electron chi connectivity index (χ2n) is 2.33. The summed E-state index contributed by atoms with van der Waals surface area (Å²) in [5.41, 5.74) is 0. The predicted molar refractivity (Wildman–Crippen MR) is 34.9 cm³/mol. The van der Waals surface area contributed by atoms with Gasteiger partial charge >= 0.3 is 0 Å². The van der Waals surface area contributed by atoms with Gasteiger partial charge in [-0.2, -0.15) is 5.26 Å². The molecule has 1 aliphatic rings. The molecule has 0 radical (unpaired) electrons. The highest BCUT2D eigenvalue weighted by Gasteiger charge is 2.16. The Labute approximate surface area is 55.3 Å². The SMILES string of the molecule is CN1CCNC[C@@H]1C#N. The zero-order valence-corrected chi connectivity index (χ0v) is 5.59. The number of nitrogens with zero attached hydrogens (tertiary/aromatic N) is 2. The molecule has 1 aliphatic heterocycles. The second-order valence-corrected chi connectivity index (χ2v) is 2.33. The maximum Gasteiger partial charge on any atom is 0.110 e. The van der Waals surface area contributed by atoms with Crippen LogP contribution in [0.1, 0.15) is 0 Å². The summed E-state index contributed by atoms with van der Waals surface area (Å²) in [5, 5.41) is 11.7. The minimum absolute atomic E-state index is 0.0822. The lowest BCUT2D eigenvalue weighted by atomic mass is 10.2. The molecular weight excluding hydrogens is 114 g/mol. The van der Waals surface area contributed by atoms with E-state index in [1.807, 2.05) is 7.05 Å². The Morgan fingerprint density at radius 1 is 1.78 bits per heavy atom. The van der Waals surface area contributed by atoms with Crippen LogP contribution in [0.3, 0.4) is 0 Å². The smallest absolute Gasteiger partial charge is 0.110 e. The zero-order valence-electron chi connectivity index (χ0n) is 5.59. The summed E-state index contributed by atoms with van der Waals surface area (Å²) >= 11 is 0. The summed E-state index contributed by atoms with van der Waals surface area (Å²) in [4.78, 5) is 2.07. The molecule has 0 aromatic heterocycles. The topological polar surface area (TPSA) is 39.1 Å². The summed E-state index contributed by atoms with van der Waals surface area (Å²) in [7, 11) is 1.98. The summed E-state index contributed by atoms with van der Waals surface area (Å²) in [5.74, 6) is 0. The fourth-order valence-corrected chi connectivity index (χ4v) is 0.950. The van der Waals surface area contributed by atoms with Gasteiger partial charge in [-0.25, -0.2) is 0 Å². The lowest BCUT2D eigenvalue weighted by Crippen LogP contribution is -2.48. The fourth-order valence-electron chi connectivity index (χ4n) is 0.950. The van der Waals surface area contributed by atoms with Crippen molar-refractivity contribution >= 4 is 0 Å². The lowest BCUT2D eigenvalue weighted by Gasteiger charge is -2.27. The van der Waals surface area contributed by atoms with Crippen molar-refractivity contribution < 1.29 is 0 Å². The Kier molecular flexibility index (Phi) is 2.04.